The summed E-state index contributed by atoms with van der Waals surface area (Å²) in [6, 6.07) is 10.9. The van der Waals surface area contributed by atoms with Gasteiger partial charge in [-0.1, -0.05) is 42.4 Å². The lowest BCUT2D eigenvalue weighted by molar-refractivity contribution is 0.469. The quantitative estimate of drug-likeness (QED) is 0.823. The van der Waals surface area contributed by atoms with Crippen molar-refractivity contribution in [1.82, 2.24) is 15.5 Å². The van der Waals surface area contributed by atoms with Gasteiger partial charge in [-0.2, -0.15) is 0 Å². The van der Waals surface area contributed by atoms with E-state index in [1.165, 1.54) is 5.56 Å². The molecule has 1 N–H and O–H groups in total. The molecule has 2 rings (SSSR count). The Kier molecular flexibility index (Phi) is 4.92. The Labute approximate surface area is 113 Å². The van der Waals surface area contributed by atoms with Crippen LogP contribution in [0.5, 0.6) is 0 Å². The summed E-state index contributed by atoms with van der Waals surface area (Å²) < 4.78 is 5.58. The van der Waals surface area contributed by atoms with Crippen molar-refractivity contribution >= 4 is 6.01 Å². The smallest absolute Gasteiger partial charge is 0.317 e. The summed E-state index contributed by atoms with van der Waals surface area (Å²) in [6.07, 6.45) is 0.961. The van der Waals surface area contributed by atoms with Gasteiger partial charge in [0.1, 0.15) is 0 Å². The van der Waals surface area contributed by atoms with Crippen molar-refractivity contribution in [2.24, 2.45) is 0 Å². The van der Waals surface area contributed by atoms with Crippen LogP contribution in [0.25, 0.3) is 0 Å². The van der Waals surface area contributed by atoms with Gasteiger partial charge in [-0.05, 0) is 18.5 Å². The van der Waals surface area contributed by atoms with Gasteiger partial charge in [-0.25, -0.2) is 0 Å². The minimum Gasteiger partial charge on any atom is -0.407 e. The first-order chi connectivity index (χ1) is 9.29. The standard InChI is InChI=1S/C14H20N4O/c1-3-15-11-13-16-17-14(19-13)18(2)10-9-12-7-5-4-6-8-12/h4-8,15H,3,9-11H2,1-2H3. The summed E-state index contributed by atoms with van der Waals surface area (Å²) in [5, 5.41) is 11.2. The third-order valence-electron chi connectivity index (χ3n) is 2.89. The molecule has 5 heteroatoms. The van der Waals surface area contributed by atoms with Crippen LogP contribution >= 0.6 is 0 Å². The molecule has 0 aliphatic heterocycles. The van der Waals surface area contributed by atoms with Crippen molar-refractivity contribution in [2.75, 3.05) is 25.0 Å². The molecular weight excluding hydrogens is 240 g/mol. The Hall–Kier alpha value is -1.88. The summed E-state index contributed by atoms with van der Waals surface area (Å²) >= 11 is 0. The molecule has 0 aliphatic rings. The molecule has 102 valence electrons. The molecule has 19 heavy (non-hydrogen) atoms. The molecule has 0 amide bonds. The lowest BCUT2D eigenvalue weighted by atomic mass is 10.1. The van der Waals surface area contributed by atoms with Crippen molar-refractivity contribution in [3.05, 3.63) is 41.8 Å². The zero-order valence-electron chi connectivity index (χ0n) is 11.5. The summed E-state index contributed by atoms with van der Waals surface area (Å²) in [7, 11) is 1.97. The summed E-state index contributed by atoms with van der Waals surface area (Å²) in [6.45, 7) is 4.41. The van der Waals surface area contributed by atoms with E-state index in [-0.39, 0.29) is 0 Å². The van der Waals surface area contributed by atoms with Gasteiger partial charge in [0, 0.05) is 13.6 Å². The highest BCUT2D eigenvalue weighted by atomic mass is 16.4. The predicted octanol–water partition coefficient (Wildman–Crippen LogP) is 1.86. The molecule has 5 nitrogen and oxygen atoms in total. The average Bonchev–Trinajstić information content (AvgIpc) is 2.92. The van der Waals surface area contributed by atoms with Gasteiger partial charge < -0.3 is 14.6 Å². The van der Waals surface area contributed by atoms with Crippen LogP contribution < -0.4 is 10.2 Å². The molecule has 0 saturated carbocycles. The Bertz CT molecular complexity index is 483. The second-order valence-electron chi connectivity index (χ2n) is 4.42. The summed E-state index contributed by atoms with van der Waals surface area (Å²) in [5.41, 5.74) is 1.31. The zero-order valence-corrected chi connectivity index (χ0v) is 11.5. The molecular formula is C14H20N4O. The molecule has 0 spiro atoms. The number of benzene rings is 1. The topological polar surface area (TPSA) is 54.2 Å². The van der Waals surface area contributed by atoms with E-state index in [9.17, 15) is 0 Å². The van der Waals surface area contributed by atoms with Crippen LogP contribution in [0, 0.1) is 0 Å². The minimum absolute atomic E-state index is 0.573. The number of nitrogens with zero attached hydrogens (tertiary/aromatic N) is 3. The fourth-order valence-corrected chi connectivity index (χ4v) is 1.74. The maximum Gasteiger partial charge on any atom is 0.317 e. The van der Waals surface area contributed by atoms with E-state index in [2.05, 4.69) is 39.8 Å². The number of nitrogens with one attached hydrogen (secondary N) is 1. The fraction of sp³-hybridized carbons (Fsp3) is 0.429. The monoisotopic (exact) mass is 260 g/mol. The van der Waals surface area contributed by atoms with Gasteiger partial charge in [-0.15, -0.1) is 5.10 Å². The second-order valence-corrected chi connectivity index (χ2v) is 4.42. The lowest BCUT2D eigenvalue weighted by Crippen LogP contribution is -2.20. The van der Waals surface area contributed by atoms with E-state index >= 15 is 0 Å². The molecule has 0 fully saturated rings. The molecule has 0 saturated heterocycles. The molecule has 0 atom stereocenters. The number of hydrogen-bond acceptors (Lipinski definition) is 5. The molecule has 1 heterocycles. The van der Waals surface area contributed by atoms with E-state index in [1.807, 2.05) is 24.9 Å². The number of anilines is 1. The third kappa shape index (κ3) is 4.06. The Morgan fingerprint density at radius 1 is 1.21 bits per heavy atom. The Morgan fingerprint density at radius 2 is 2.00 bits per heavy atom. The van der Waals surface area contributed by atoms with Crippen LogP contribution in [0.2, 0.25) is 0 Å². The molecule has 1 aromatic carbocycles. The van der Waals surface area contributed by atoms with Crippen molar-refractivity contribution < 1.29 is 4.42 Å². The van der Waals surface area contributed by atoms with E-state index in [4.69, 9.17) is 4.42 Å². The first-order valence-electron chi connectivity index (χ1n) is 6.57. The van der Waals surface area contributed by atoms with Gasteiger partial charge in [0.2, 0.25) is 5.89 Å². The molecule has 0 bridgehead atoms. The van der Waals surface area contributed by atoms with Gasteiger partial charge in [-0.3, -0.25) is 0 Å². The fourth-order valence-electron chi connectivity index (χ4n) is 1.74. The lowest BCUT2D eigenvalue weighted by Gasteiger charge is -2.13. The van der Waals surface area contributed by atoms with Crippen LogP contribution in [0.3, 0.4) is 0 Å². The number of rotatable bonds is 7. The van der Waals surface area contributed by atoms with Gasteiger partial charge in [0.25, 0.3) is 0 Å². The molecule has 0 aliphatic carbocycles. The van der Waals surface area contributed by atoms with E-state index in [0.29, 0.717) is 18.5 Å². The largest absolute Gasteiger partial charge is 0.407 e. The van der Waals surface area contributed by atoms with E-state index in [1.54, 1.807) is 0 Å². The summed E-state index contributed by atoms with van der Waals surface area (Å²) in [5.74, 6) is 0.628. The highest BCUT2D eigenvalue weighted by Crippen LogP contribution is 2.11. The first kappa shape index (κ1) is 13.5. The number of aromatic nitrogens is 2. The normalized spacial score (nSPS) is 10.6. The molecule has 0 radical (unpaired) electrons. The molecule has 1 aromatic heterocycles. The number of likely N-dealkylation sites (N-methyl/N-ethyl adjacent to an activating group) is 1. The van der Waals surface area contributed by atoms with Gasteiger partial charge in [0.15, 0.2) is 0 Å². The zero-order chi connectivity index (χ0) is 13.5. The van der Waals surface area contributed by atoms with E-state index < -0.39 is 0 Å². The van der Waals surface area contributed by atoms with Crippen LogP contribution in [0.4, 0.5) is 6.01 Å². The average molecular weight is 260 g/mol. The van der Waals surface area contributed by atoms with Crippen LogP contribution in [-0.2, 0) is 13.0 Å². The second kappa shape index (κ2) is 6.89. The van der Waals surface area contributed by atoms with Crippen molar-refractivity contribution in [3.63, 3.8) is 0 Å². The van der Waals surface area contributed by atoms with E-state index in [0.717, 1.165) is 19.5 Å². The highest BCUT2D eigenvalue weighted by molar-refractivity contribution is 5.24. The molecule has 0 unspecified atom stereocenters. The maximum atomic E-state index is 5.58. The maximum absolute atomic E-state index is 5.58. The minimum atomic E-state index is 0.573. The van der Waals surface area contributed by atoms with Crippen molar-refractivity contribution in [1.29, 1.82) is 0 Å². The van der Waals surface area contributed by atoms with Gasteiger partial charge in [0.05, 0.1) is 6.54 Å². The molecule has 2 aromatic rings. The van der Waals surface area contributed by atoms with Crippen LogP contribution in [-0.4, -0.2) is 30.3 Å². The number of hydrogen-bond donors (Lipinski definition) is 1. The Morgan fingerprint density at radius 3 is 2.74 bits per heavy atom. The highest BCUT2D eigenvalue weighted by Gasteiger charge is 2.10. The first-order valence-corrected chi connectivity index (χ1v) is 6.57. The van der Waals surface area contributed by atoms with Crippen LogP contribution in [0.1, 0.15) is 18.4 Å². The van der Waals surface area contributed by atoms with Crippen molar-refractivity contribution in [2.45, 2.75) is 19.9 Å². The van der Waals surface area contributed by atoms with Gasteiger partial charge >= 0.3 is 6.01 Å². The predicted molar refractivity (Wildman–Crippen MR) is 75.1 cm³/mol. The SMILES string of the molecule is CCNCc1nnc(N(C)CCc2ccccc2)o1. The third-order valence-corrected chi connectivity index (χ3v) is 2.89. The summed E-state index contributed by atoms with van der Waals surface area (Å²) in [4.78, 5) is 1.98. The van der Waals surface area contributed by atoms with Crippen LogP contribution in [0.15, 0.2) is 34.7 Å². The Balaban J connectivity index is 1.85. The van der Waals surface area contributed by atoms with Crippen molar-refractivity contribution in [3.8, 4) is 0 Å².